The summed E-state index contributed by atoms with van der Waals surface area (Å²) >= 11 is 5.98. The molecule has 1 aliphatic heterocycles. The molecular formula is C18H25ClN4O5. The number of hydrogen-bond donors (Lipinski definition) is 2. The minimum atomic E-state index is -0.565. The van der Waals surface area contributed by atoms with Crippen LogP contribution in [0.1, 0.15) is 36.6 Å². The van der Waals surface area contributed by atoms with Crippen molar-refractivity contribution in [3.8, 4) is 0 Å². The average Bonchev–Trinajstić information content (AvgIpc) is 3.07. The molecule has 2 atom stereocenters. The summed E-state index contributed by atoms with van der Waals surface area (Å²) in [7, 11) is 1.52. The standard InChI is InChI=1S/C18H25ClN4O5/c1-4-11-16(19)22-17(20-11)18(26)21-12-8-9-23(10-13(12)27-3)14(24)6-7-15(25)28-5-2/h6-7,12-13H,4-5,8-10H2,1-3H3,(H,20,22)(H,21,26)/b7-6+/t12-,13+/m1/s1. The lowest BCUT2D eigenvalue weighted by molar-refractivity contribution is -0.138. The van der Waals surface area contributed by atoms with E-state index in [4.69, 9.17) is 21.1 Å². The monoisotopic (exact) mass is 412 g/mol. The lowest BCUT2D eigenvalue weighted by Gasteiger charge is -2.37. The van der Waals surface area contributed by atoms with E-state index in [-0.39, 0.29) is 42.0 Å². The lowest BCUT2D eigenvalue weighted by atomic mass is 10.0. The normalized spacial score (nSPS) is 19.6. The van der Waals surface area contributed by atoms with E-state index in [1.54, 1.807) is 11.8 Å². The number of likely N-dealkylation sites (tertiary alicyclic amines) is 1. The molecule has 1 aliphatic rings. The molecule has 1 aromatic heterocycles. The van der Waals surface area contributed by atoms with Crippen LogP contribution in [0.25, 0.3) is 0 Å². The number of rotatable bonds is 7. The van der Waals surface area contributed by atoms with E-state index >= 15 is 0 Å². The van der Waals surface area contributed by atoms with Gasteiger partial charge < -0.3 is 24.7 Å². The third-order valence-electron chi connectivity index (χ3n) is 4.44. The molecule has 0 bridgehead atoms. The van der Waals surface area contributed by atoms with E-state index in [0.717, 1.165) is 6.08 Å². The fourth-order valence-corrected chi connectivity index (χ4v) is 3.19. The number of imidazole rings is 1. The van der Waals surface area contributed by atoms with Crippen molar-refractivity contribution in [1.29, 1.82) is 0 Å². The Morgan fingerprint density at radius 1 is 1.36 bits per heavy atom. The number of amides is 2. The van der Waals surface area contributed by atoms with Crippen LogP contribution in [0.15, 0.2) is 12.2 Å². The second-order valence-electron chi connectivity index (χ2n) is 6.22. The van der Waals surface area contributed by atoms with Crippen LogP contribution in [0.4, 0.5) is 0 Å². The Hall–Kier alpha value is -2.39. The minimum absolute atomic E-state index is 0.146. The number of H-pyrrole nitrogens is 1. The molecule has 10 heteroatoms. The number of piperidine rings is 1. The van der Waals surface area contributed by atoms with Crippen LogP contribution < -0.4 is 5.32 Å². The topological polar surface area (TPSA) is 114 Å². The molecule has 2 N–H and O–H groups in total. The van der Waals surface area contributed by atoms with Crippen molar-refractivity contribution in [3.05, 3.63) is 28.8 Å². The van der Waals surface area contributed by atoms with Crippen molar-refractivity contribution in [2.75, 3.05) is 26.8 Å². The molecule has 0 unspecified atom stereocenters. The number of nitrogens with one attached hydrogen (secondary N) is 2. The van der Waals surface area contributed by atoms with Gasteiger partial charge in [0, 0.05) is 32.4 Å². The molecular weight excluding hydrogens is 388 g/mol. The van der Waals surface area contributed by atoms with Crippen LogP contribution in [0.3, 0.4) is 0 Å². The maximum absolute atomic E-state index is 12.4. The van der Waals surface area contributed by atoms with Gasteiger partial charge in [-0.25, -0.2) is 9.78 Å². The molecule has 28 heavy (non-hydrogen) atoms. The maximum atomic E-state index is 12.4. The van der Waals surface area contributed by atoms with Crippen LogP contribution >= 0.6 is 11.6 Å². The third kappa shape index (κ3) is 5.56. The Bertz CT molecular complexity index is 748. The van der Waals surface area contributed by atoms with Crippen molar-refractivity contribution in [1.82, 2.24) is 20.2 Å². The summed E-state index contributed by atoms with van der Waals surface area (Å²) in [6.45, 7) is 4.54. The largest absolute Gasteiger partial charge is 0.463 e. The molecule has 2 rings (SSSR count). The van der Waals surface area contributed by atoms with Gasteiger partial charge in [0.2, 0.25) is 5.91 Å². The van der Waals surface area contributed by atoms with E-state index in [1.807, 2.05) is 6.92 Å². The number of esters is 1. The maximum Gasteiger partial charge on any atom is 0.330 e. The third-order valence-corrected chi connectivity index (χ3v) is 4.75. The Kier molecular flexibility index (Phi) is 8.01. The first-order chi connectivity index (χ1) is 13.4. The molecule has 0 aliphatic carbocycles. The minimum Gasteiger partial charge on any atom is -0.463 e. The number of carbonyl (C=O) groups excluding carboxylic acids is 3. The summed E-state index contributed by atoms with van der Waals surface area (Å²) in [4.78, 5) is 44.5. The van der Waals surface area contributed by atoms with E-state index in [2.05, 4.69) is 15.3 Å². The summed E-state index contributed by atoms with van der Waals surface area (Å²) in [6.07, 6.45) is 3.03. The van der Waals surface area contributed by atoms with Gasteiger partial charge in [-0.2, -0.15) is 0 Å². The van der Waals surface area contributed by atoms with Crippen molar-refractivity contribution < 1.29 is 23.9 Å². The SMILES string of the molecule is CCOC(=O)/C=C/C(=O)N1CC[C@@H](NC(=O)c2nc(Cl)c(CC)[nH]2)[C@@H](OC)C1. The fourth-order valence-electron chi connectivity index (χ4n) is 2.92. The van der Waals surface area contributed by atoms with Crippen LogP contribution in [0.5, 0.6) is 0 Å². The summed E-state index contributed by atoms with van der Waals surface area (Å²) in [5.74, 6) is -1.11. The molecule has 0 aromatic carbocycles. The number of aryl methyl sites for hydroxylation is 1. The highest BCUT2D eigenvalue weighted by molar-refractivity contribution is 6.30. The Balaban J connectivity index is 1.95. The molecule has 0 spiro atoms. The second kappa shape index (κ2) is 10.2. The molecule has 9 nitrogen and oxygen atoms in total. The molecule has 1 saturated heterocycles. The highest BCUT2D eigenvalue weighted by atomic mass is 35.5. The van der Waals surface area contributed by atoms with Crippen LogP contribution in [0, 0.1) is 0 Å². The molecule has 0 saturated carbocycles. The van der Waals surface area contributed by atoms with Crippen LogP contribution in [-0.4, -0.2) is 71.6 Å². The number of halogens is 1. The van der Waals surface area contributed by atoms with Gasteiger partial charge in [-0.15, -0.1) is 0 Å². The molecule has 0 radical (unpaired) electrons. The van der Waals surface area contributed by atoms with Crippen molar-refractivity contribution in [2.45, 2.75) is 38.8 Å². The van der Waals surface area contributed by atoms with E-state index < -0.39 is 12.1 Å². The summed E-state index contributed by atoms with van der Waals surface area (Å²) < 4.78 is 10.2. The van der Waals surface area contributed by atoms with Crippen LogP contribution in [-0.2, 0) is 25.5 Å². The van der Waals surface area contributed by atoms with Crippen LogP contribution in [0.2, 0.25) is 5.15 Å². The zero-order chi connectivity index (χ0) is 20.7. The van der Waals surface area contributed by atoms with Gasteiger partial charge in [0.15, 0.2) is 11.0 Å². The van der Waals surface area contributed by atoms with Gasteiger partial charge in [-0.3, -0.25) is 9.59 Å². The number of methoxy groups -OCH3 is 1. The van der Waals surface area contributed by atoms with Gasteiger partial charge in [-0.1, -0.05) is 18.5 Å². The predicted octanol–water partition coefficient (Wildman–Crippen LogP) is 1.09. The van der Waals surface area contributed by atoms with E-state index in [0.29, 0.717) is 25.1 Å². The molecule has 154 valence electrons. The van der Waals surface area contributed by atoms with Crippen molar-refractivity contribution >= 4 is 29.4 Å². The first kappa shape index (κ1) is 21.9. The number of carbonyl (C=O) groups is 3. The highest BCUT2D eigenvalue weighted by Crippen LogP contribution is 2.17. The summed E-state index contributed by atoms with van der Waals surface area (Å²) in [5, 5.41) is 3.16. The highest BCUT2D eigenvalue weighted by Gasteiger charge is 2.32. The Morgan fingerprint density at radius 2 is 2.11 bits per heavy atom. The zero-order valence-electron chi connectivity index (χ0n) is 16.2. The smallest absolute Gasteiger partial charge is 0.330 e. The van der Waals surface area contributed by atoms with Crippen molar-refractivity contribution in [3.63, 3.8) is 0 Å². The average molecular weight is 413 g/mol. The van der Waals surface area contributed by atoms with Gasteiger partial charge in [0.1, 0.15) is 0 Å². The summed E-state index contributed by atoms with van der Waals surface area (Å²) in [5.41, 5.74) is 0.698. The van der Waals surface area contributed by atoms with E-state index in [9.17, 15) is 14.4 Å². The number of hydrogen-bond acceptors (Lipinski definition) is 6. The second-order valence-corrected chi connectivity index (χ2v) is 6.58. The predicted molar refractivity (Wildman–Crippen MR) is 102 cm³/mol. The number of aromatic amines is 1. The van der Waals surface area contributed by atoms with Gasteiger partial charge in [0.25, 0.3) is 5.91 Å². The number of ether oxygens (including phenoxy) is 2. The Morgan fingerprint density at radius 3 is 2.71 bits per heavy atom. The quantitative estimate of drug-likeness (QED) is 0.512. The van der Waals surface area contributed by atoms with Gasteiger partial charge >= 0.3 is 5.97 Å². The van der Waals surface area contributed by atoms with Gasteiger partial charge in [0.05, 0.1) is 24.4 Å². The lowest BCUT2D eigenvalue weighted by Crippen LogP contribution is -2.55. The Labute approximate surface area is 168 Å². The first-order valence-corrected chi connectivity index (χ1v) is 9.49. The fraction of sp³-hybridized carbons (Fsp3) is 0.556. The number of aromatic nitrogens is 2. The van der Waals surface area contributed by atoms with Gasteiger partial charge in [-0.05, 0) is 19.8 Å². The van der Waals surface area contributed by atoms with E-state index in [1.165, 1.54) is 13.2 Å². The molecule has 2 heterocycles. The molecule has 1 aromatic rings. The molecule has 2 amide bonds. The molecule has 1 fully saturated rings. The zero-order valence-corrected chi connectivity index (χ0v) is 16.9. The first-order valence-electron chi connectivity index (χ1n) is 9.11. The number of nitrogens with zero attached hydrogens (tertiary/aromatic N) is 2. The van der Waals surface area contributed by atoms with Crippen molar-refractivity contribution in [2.24, 2.45) is 0 Å². The summed E-state index contributed by atoms with van der Waals surface area (Å²) in [6, 6.07) is -0.287.